The van der Waals surface area contributed by atoms with Crippen molar-refractivity contribution in [3.05, 3.63) is 212 Å². The van der Waals surface area contributed by atoms with E-state index in [9.17, 15) is 0 Å². The molecule has 10 rings (SSSR count). The first-order valence-electron chi connectivity index (χ1n) is 18.3. The highest BCUT2D eigenvalue weighted by Gasteiger charge is 2.22. The van der Waals surface area contributed by atoms with Crippen molar-refractivity contribution in [3.8, 4) is 33.4 Å². The molecule has 0 saturated heterocycles. The molecule has 0 heterocycles. The Morgan fingerprint density at radius 3 is 1.47 bits per heavy atom. The Kier molecular flexibility index (Phi) is 7.55. The highest BCUT2D eigenvalue weighted by molar-refractivity contribution is 6.21. The Balaban J connectivity index is 1.26. The summed E-state index contributed by atoms with van der Waals surface area (Å²) in [5, 5.41) is 10.0. The third kappa shape index (κ3) is 5.34. The SMILES string of the molecule is c1ccc(-c2ccc(N(c3ccccc3-c3cccc4ccccc34)c3ccccc3-c3cc4c5ccccc5ccc4c4ccccc34)cc2)cc1. The predicted molar refractivity (Wildman–Crippen MR) is 227 cm³/mol. The van der Waals surface area contributed by atoms with Gasteiger partial charge in [-0.3, -0.25) is 0 Å². The van der Waals surface area contributed by atoms with Gasteiger partial charge in [0.1, 0.15) is 0 Å². The highest BCUT2D eigenvalue weighted by Crippen LogP contribution is 2.48. The van der Waals surface area contributed by atoms with Crippen LogP contribution in [-0.2, 0) is 0 Å². The second-order valence-electron chi connectivity index (χ2n) is 13.7. The molecule has 0 atom stereocenters. The van der Waals surface area contributed by atoms with Crippen LogP contribution in [0.2, 0.25) is 0 Å². The van der Waals surface area contributed by atoms with Crippen LogP contribution in [0.15, 0.2) is 212 Å². The smallest absolute Gasteiger partial charge is 0.0540 e. The summed E-state index contributed by atoms with van der Waals surface area (Å²) in [6, 6.07) is 77.3. The van der Waals surface area contributed by atoms with E-state index >= 15 is 0 Å². The average molecular weight is 674 g/mol. The van der Waals surface area contributed by atoms with Crippen LogP contribution < -0.4 is 4.90 Å². The fourth-order valence-electron chi connectivity index (χ4n) is 8.18. The summed E-state index contributed by atoms with van der Waals surface area (Å²) in [5.74, 6) is 0. The minimum Gasteiger partial charge on any atom is -0.309 e. The van der Waals surface area contributed by atoms with Crippen molar-refractivity contribution in [2.24, 2.45) is 0 Å². The molecule has 10 aromatic rings. The molecule has 0 amide bonds. The standard InChI is InChI=1S/C52H35N/c1-2-15-36(16-3-1)37-29-32-40(33-30-37)53(51-27-12-10-24-47(51)43-26-14-19-38-17-4-6-20-41(38)43)52-28-13-11-25-48(52)50-35-49-42-21-7-5-18-39(42)31-34-46(49)44-22-8-9-23-45(44)50/h1-35H. The van der Waals surface area contributed by atoms with Crippen molar-refractivity contribution in [3.63, 3.8) is 0 Å². The summed E-state index contributed by atoms with van der Waals surface area (Å²) in [6.07, 6.45) is 0. The predicted octanol–water partition coefficient (Wildman–Crippen LogP) is 14.8. The van der Waals surface area contributed by atoms with Crippen LogP contribution in [0.5, 0.6) is 0 Å². The van der Waals surface area contributed by atoms with Crippen LogP contribution in [0.1, 0.15) is 0 Å². The van der Waals surface area contributed by atoms with Crippen LogP contribution in [0, 0.1) is 0 Å². The number of hydrogen-bond acceptors (Lipinski definition) is 1. The van der Waals surface area contributed by atoms with Gasteiger partial charge in [0.2, 0.25) is 0 Å². The summed E-state index contributed by atoms with van der Waals surface area (Å²) < 4.78 is 0. The highest BCUT2D eigenvalue weighted by atomic mass is 15.1. The van der Waals surface area contributed by atoms with Crippen molar-refractivity contribution < 1.29 is 0 Å². The summed E-state index contributed by atoms with van der Waals surface area (Å²) in [4.78, 5) is 2.46. The van der Waals surface area contributed by atoms with Gasteiger partial charge in [-0.25, -0.2) is 0 Å². The number of hydrogen-bond donors (Lipinski definition) is 0. The lowest BCUT2D eigenvalue weighted by molar-refractivity contribution is 1.29. The van der Waals surface area contributed by atoms with E-state index in [4.69, 9.17) is 0 Å². The Labute approximate surface area is 309 Å². The molecule has 0 spiro atoms. The van der Waals surface area contributed by atoms with Gasteiger partial charge in [-0.2, -0.15) is 0 Å². The molecule has 0 saturated carbocycles. The number of rotatable bonds is 6. The van der Waals surface area contributed by atoms with Gasteiger partial charge in [0.15, 0.2) is 0 Å². The summed E-state index contributed by atoms with van der Waals surface area (Å²) >= 11 is 0. The molecule has 0 N–H and O–H groups in total. The van der Waals surface area contributed by atoms with Gasteiger partial charge in [0.05, 0.1) is 11.4 Å². The quantitative estimate of drug-likeness (QED) is 0.159. The second-order valence-corrected chi connectivity index (χ2v) is 13.7. The first-order valence-corrected chi connectivity index (χ1v) is 18.3. The minimum absolute atomic E-state index is 1.10. The Morgan fingerprint density at radius 2 is 0.736 bits per heavy atom. The first kappa shape index (κ1) is 30.8. The molecular weight excluding hydrogens is 639 g/mol. The zero-order chi connectivity index (χ0) is 35.1. The molecule has 1 heteroatoms. The van der Waals surface area contributed by atoms with Gasteiger partial charge < -0.3 is 4.90 Å². The van der Waals surface area contributed by atoms with Gasteiger partial charge in [0, 0.05) is 16.8 Å². The largest absolute Gasteiger partial charge is 0.309 e. The third-order valence-corrected chi connectivity index (χ3v) is 10.7. The van der Waals surface area contributed by atoms with E-state index in [0.29, 0.717) is 0 Å². The van der Waals surface area contributed by atoms with E-state index < -0.39 is 0 Å². The lowest BCUT2D eigenvalue weighted by Crippen LogP contribution is -2.12. The maximum absolute atomic E-state index is 2.46. The molecule has 0 aliphatic rings. The van der Waals surface area contributed by atoms with Crippen molar-refractivity contribution in [1.82, 2.24) is 0 Å². The molecule has 0 unspecified atom stereocenters. The van der Waals surface area contributed by atoms with Gasteiger partial charge >= 0.3 is 0 Å². The van der Waals surface area contributed by atoms with Crippen LogP contribution in [0.4, 0.5) is 17.1 Å². The maximum Gasteiger partial charge on any atom is 0.0540 e. The molecule has 0 fully saturated rings. The molecule has 53 heavy (non-hydrogen) atoms. The molecule has 248 valence electrons. The molecule has 0 radical (unpaired) electrons. The average Bonchev–Trinajstić information content (AvgIpc) is 3.24. The van der Waals surface area contributed by atoms with E-state index in [0.717, 1.165) is 17.1 Å². The summed E-state index contributed by atoms with van der Waals surface area (Å²) in [6.45, 7) is 0. The molecule has 0 aliphatic heterocycles. The van der Waals surface area contributed by atoms with Crippen molar-refractivity contribution >= 4 is 60.2 Å². The summed E-state index contributed by atoms with van der Waals surface area (Å²) in [5.41, 5.74) is 10.5. The van der Waals surface area contributed by atoms with E-state index in [1.807, 2.05) is 0 Å². The fraction of sp³-hybridized carbons (Fsp3) is 0. The van der Waals surface area contributed by atoms with Gasteiger partial charge in [-0.05, 0) is 95.7 Å². The summed E-state index contributed by atoms with van der Waals surface area (Å²) in [7, 11) is 0. The molecule has 1 nitrogen and oxygen atoms in total. The number of benzene rings is 10. The lowest BCUT2D eigenvalue weighted by Gasteiger charge is -2.30. The van der Waals surface area contributed by atoms with Gasteiger partial charge in [-0.1, -0.05) is 182 Å². The zero-order valence-corrected chi connectivity index (χ0v) is 29.2. The Bertz CT molecular complexity index is 2940. The van der Waals surface area contributed by atoms with Gasteiger partial charge in [0.25, 0.3) is 0 Å². The topological polar surface area (TPSA) is 3.24 Å². The monoisotopic (exact) mass is 673 g/mol. The number of fused-ring (bicyclic) bond motifs is 6. The minimum atomic E-state index is 1.10. The first-order chi connectivity index (χ1) is 26.3. The van der Waals surface area contributed by atoms with E-state index in [1.54, 1.807) is 0 Å². The number of anilines is 3. The normalized spacial score (nSPS) is 11.4. The Hall–Kier alpha value is -6.96. The van der Waals surface area contributed by atoms with Crippen LogP contribution in [0.25, 0.3) is 76.5 Å². The van der Waals surface area contributed by atoms with Crippen molar-refractivity contribution in [2.75, 3.05) is 4.90 Å². The van der Waals surface area contributed by atoms with Crippen molar-refractivity contribution in [1.29, 1.82) is 0 Å². The molecule has 10 aromatic carbocycles. The zero-order valence-electron chi connectivity index (χ0n) is 29.2. The molecule has 0 bridgehead atoms. The third-order valence-electron chi connectivity index (χ3n) is 10.7. The van der Waals surface area contributed by atoms with E-state index in [1.165, 1.54) is 76.5 Å². The van der Waals surface area contributed by atoms with Crippen molar-refractivity contribution in [2.45, 2.75) is 0 Å². The second kappa shape index (κ2) is 13.0. The number of para-hydroxylation sites is 2. The molecular formula is C52H35N. The number of nitrogens with zero attached hydrogens (tertiary/aromatic N) is 1. The lowest BCUT2D eigenvalue weighted by atomic mass is 9.90. The maximum atomic E-state index is 2.46. The van der Waals surface area contributed by atoms with Crippen LogP contribution >= 0.6 is 0 Å². The van der Waals surface area contributed by atoms with E-state index in [-0.39, 0.29) is 0 Å². The van der Waals surface area contributed by atoms with E-state index in [2.05, 4.69) is 217 Å². The van der Waals surface area contributed by atoms with Crippen LogP contribution in [0.3, 0.4) is 0 Å². The Morgan fingerprint density at radius 1 is 0.245 bits per heavy atom. The fourth-order valence-corrected chi connectivity index (χ4v) is 8.18. The molecule has 0 aliphatic carbocycles. The molecule has 0 aromatic heterocycles. The van der Waals surface area contributed by atoms with Gasteiger partial charge in [-0.15, -0.1) is 0 Å². The van der Waals surface area contributed by atoms with Crippen LogP contribution in [-0.4, -0.2) is 0 Å².